The summed E-state index contributed by atoms with van der Waals surface area (Å²) in [6.45, 7) is 3.12. The van der Waals surface area contributed by atoms with Gasteiger partial charge in [0.25, 0.3) is 0 Å². The second-order valence-corrected chi connectivity index (χ2v) is 7.69. The molecule has 0 unspecified atom stereocenters. The molecule has 134 valence electrons. The fourth-order valence-corrected chi connectivity index (χ4v) is 3.80. The zero-order chi connectivity index (χ0) is 18.6. The Balaban J connectivity index is 2.17. The molecule has 0 spiro atoms. The van der Waals surface area contributed by atoms with Crippen LogP contribution in [0.1, 0.15) is 12.5 Å². The molecular weight excluding hydrogens is 367 g/mol. The topological polar surface area (TPSA) is 66.5 Å². The Bertz CT molecular complexity index is 870. The van der Waals surface area contributed by atoms with Crippen molar-refractivity contribution in [3.05, 3.63) is 58.9 Å². The predicted molar refractivity (Wildman–Crippen MR) is 95.7 cm³/mol. The van der Waals surface area contributed by atoms with Gasteiger partial charge in [0.2, 0.25) is 15.9 Å². The number of hydrogen-bond acceptors (Lipinski definition) is 3. The van der Waals surface area contributed by atoms with Gasteiger partial charge in [-0.05, 0) is 48.9 Å². The first-order valence-electron chi connectivity index (χ1n) is 7.56. The molecule has 0 radical (unpaired) electrons. The van der Waals surface area contributed by atoms with Crippen molar-refractivity contribution in [1.82, 2.24) is 4.31 Å². The van der Waals surface area contributed by atoms with E-state index in [9.17, 15) is 17.6 Å². The average Bonchev–Trinajstić information content (AvgIpc) is 2.57. The molecule has 25 heavy (non-hydrogen) atoms. The van der Waals surface area contributed by atoms with E-state index in [-0.39, 0.29) is 18.0 Å². The lowest BCUT2D eigenvalue weighted by Gasteiger charge is -2.20. The summed E-state index contributed by atoms with van der Waals surface area (Å²) in [5.74, 6) is -1.02. The second-order valence-electron chi connectivity index (χ2n) is 5.35. The molecular formula is C17H18ClFN2O3S. The van der Waals surface area contributed by atoms with Crippen molar-refractivity contribution in [3.63, 3.8) is 0 Å². The minimum Gasteiger partial charge on any atom is -0.325 e. The lowest BCUT2D eigenvalue weighted by molar-refractivity contribution is -0.116. The van der Waals surface area contributed by atoms with E-state index < -0.39 is 21.7 Å². The van der Waals surface area contributed by atoms with Gasteiger partial charge in [-0.1, -0.05) is 24.6 Å². The van der Waals surface area contributed by atoms with Crippen LogP contribution in [-0.2, 0) is 14.8 Å². The number of sulfonamides is 1. The number of likely N-dealkylation sites (N-methyl/N-ethyl adjacent to an activating group) is 1. The van der Waals surface area contributed by atoms with Crippen LogP contribution >= 0.6 is 11.6 Å². The molecule has 0 bridgehead atoms. The first-order chi connectivity index (χ1) is 11.8. The molecule has 0 saturated carbocycles. The maximum atomic E-state index is 13.0. The Morgan fingerprint density at radius 2 is 1.84 bits per heavy atom. The van der Waals surface area contributed by atoms with Gasteiger partial charge in [-0.3, -0.25) is 4.79 Å². The number of nitrogens with one attached hydrogen (secondary N) is 1. The Morgan fingerprint density at radius 1 is 1.20 bits per heavy atom. The number of rotatable bonds is 6. The Hall–Kier alpha value is -1.96. The minimum absolute atomic E-state index is 0.0671. The first kappa shape index (κ1) is 19.4. The van der Waals surface area contributed by atoms with Crippen LogP contribution in [0, 0.1) is 12.7 Å². The maximum Gasteiger partial charge on any atom is 0.243 e. The molecule has 5 nitrogen and oxygen atoms in total. The van der Waals surface area contributed by atoms with Gasteiger partial charge in [-0.2, -0.15) is 4.31 Å². The van der Waals surface area contributed by atoms with E-state index >= 15 is 0 Å². The molecule has 0 saturated heterocycles. The maximum absolute atomic E-state index is 13.0. The van der Waals surface area contributed by atoms with Gasteiger partial charge < -0.3 is 5.32 Å². The molecule has 8 heteroatoms. The molecule has 0 aliphatic carbocycles. The van der Waals surface area contributed by atoms with Crippen molar-refractivity contribution >= 4 is 33.2 Å². The van der Waals surface area contributed by atoms with E-state index in [0.717, 1.165) is 16.4 Å². The number of carbonyl (C=O) groups is 1. The Labute approximate surface area is 151 Å². The van der Waals surface area contributed by atoms with Crippen molar-refractivity contribution < 1.29 is 17.6 Å². The molecule has 2 rings (SSSR count). The number of nitrogens with zero attached hydrogens (tertiary/aromatic N) is 1. The van der Waals surface area contributed by atoms with Crippen molar-refractivity contribution in [2.75, 3.05) is 18.4 Å². The molecule has 2 aromatic carbocycles. The normalized spacial score (nSPS) is 11.6. The van der Waals surface area contributed by atoms with Gasteiger partial charge >= 0.3 is 0 Å². The van der Waals surface area contributed by atoms with Gasteiger partial charge in [0.1, 0.15) is 5.82 Å². The lowest BCUT2D eigenvalue weighted by atomic mass is 10.2. The smallest absolute Gasteiger partial charge is 0.243 e. The number of halogens is 2. The number of amides is 1. The highest BCUT2D eigenvalue weighted by Crippen LogP contribution is 2.23. The zero-order valence-electron chi connectivity index (χ0n) is 13.8. The standard InChI is InChI=1S/C17H18ClFN2O3S/c1-3-21(25(23,24)14-9-7-13(19)8-10-14)11-17(22)20-16-6-4-5-15(18)12(16)2/h4-10H,3,11H2,1-2H3,(H,20,22). The summed E-state index contributed by atoms with van der Waals surface area (Å²) < 4.78 is 39.2. The zero-order valence-corrected chi connectivity index (χ0v) is 15.4. The number of hydrogen-bond donors (Lipinski definition) is 1. The highest BCUT2D eigenvalue weighted by atomic mass is 35.5. The quantitative estimate of drug-likeness (QED) is 0.829. The monoisotopic (exact) mass is 384 g/mol. The van der Waals surface area contributed by atoms with E-state index in [2.05, 4.69) is 5.32 Å². The Morgan fingerprint density at radius 3 is 2.44 bits per heavy atom. The lowest BCUT2D eigenvalue weighted by Crippen LogP contribution is -2.37. The molecule has 0 aliphatic rings. The van der Waals surface area contributed by atoms with Crippen LogP contribution in [0.4, 0.5) is 10.1 Å². The number of benzene rings is 2. The highest BCUT2D eigenvalue weighted by molar-refractivity contribution is 7.89. The largest absolute Gasteiger partial charge is 0.325 e. The molecule has 2 aromatic rings. The third-order valence-electron chi connectivity index (χ3n) is 3.67. The fourth-order valence-electron chi connectivity index (χ4n) is 2.22. The van der Waals surface area contributed by atoms with Gasteiger partial charge in [-0.15, -0.1) is 0 Å². The van der Waals surface area contributed by atoms with Crippen LogP contribution in [-0.4, -0.2) is 31.7 Å². The predicted octanol–water partition coefficient (Wildman–Crippen LogP) is 3.44. The van der Waals surface area contributed by atoms with Crippen molar-refractivity contribution in [2.45, 2.75) is 18.7 Å². The number of anilines is 1. The van der Waals surface area contributed by atoms with Crippen LogP contribution in [0.25, 0.3) is 0 Å². The van der Waals surface area contributed by atoms with Crippen LogP contribution < -0.4 is 5.32 Å². The van der Waals surface area contributed by atoms with Crippen LogP contribution in [0.15, 0.2) is 47.4 Å². The van der Waals surface area contributed by atoms with Crippen LogP contribution in [0.2, 0.25) is 5.02 Å². The Kier molecular flexibility index (Phi) is 6.16. The summed E-state index contributed by atoms with van der Waals surface area (Å²) >= 11 is 6.01. The summed E-state index contributed by atoms with van der Waals surface area (Å²) in [7, 11) is -3.89. The van der Waals surface area contributed by atoms with E-state index in [1.165, 1.54) is 12.1 Å². The van der Waals surface area contributed by atoms with Crippen molar-refractivity contribution in [3.8, 4) is 0 Å². The van der Waals surface area contributed by atoms with E-state index in [1.807, 2.05) is 0 Å². The molecule has 0 fully saturated rings. The van der Waals surface area contributed by atoms with Gasteiger partial charge in [0, 0.05) is 17.3 Å². The molecule has 1 amide bonds. The average molecular weight is 385 g/mol. The molecule has 0 atom stereocenters. The summed E-state index contributed by atoms with van der Waals surface area (Å²) in [6, 6.07) is 9.55. The second kappa shape index (κ2) is 7.95. The molecule has 1 N–H and O–H groups in total. The summed E-state index contributed by atoms with van der Waals surface area (Å²) in [5, 5.41) is 3.16. The summed E-state index contributed by atoms with van der Waals surface area (Å²) in [6.07, 6.45) is 0. The van der Waals surface area contributed by atoms with Gasteiger partial charge in [-0.25, -0.2) is 12.8 Å². The van der Waals surface area contributed by atoms with E-state index in [4.69, 9.17) is 11.6 Å². The van der Waals surface area contributed by atoms with Crippen LogP contribution in [0.3, 0.4) is 0 Å². The molecule has 0 aromatic heterocycles. The third-order valence-corrected chi connectivity index (χ3v) is 6.01. The van der Waals surface area contributed by atoms with Gasteiger partial charge in [0.15, 0.2) is 0 Å². The van der Waals surface area contributed by atoms with E-state index in [0.29, 0.717) is 16.3 Å². The van der Waals surface area contributed by atoms with Crippen molar-refractivity contribution in [1.29, 1.82) is 0 Å². The highest BCUT2D eigenvalue weighted by Gasteiger charge is 2.25. The summed E-state index contributed by atoms with van der Waals surface area (Å²) in [4.78, 5) is 12.2. The summed E-state index contributed by atoms with van der Waals surface area (Å²) in [5.41, 5.74) is 1.22. The first-order valence-corrected chi connectivity index (χ1v) is 9.38. The number of carbonyl (C=O) groups excluding carboxylic acids is 1. The minimum atomic E-state index is -3.89. The fraction of sp³-hybridized carbons (Fsp3) is 0.235. The SMILES string of the molecule is CCN(CC(=O)Nc1cccc(Cl)c1C)S(=O)(=O)c1ccc(F)cc1. The van der Waals surface area contributed by atoms with Gasteiger partial charge in [0.05, 0.1) is 11.4 Å². The van der Waals surface area contributed by atoms with E-state index in [1.54, 1.807) is 32.0 Å². The molecule has 0 heterocycles. The third kappa shape index (κ3) is 4.56. The molecule has 0 aliphatic heterocycles. The van der Waals surface area contributed by atoms with Crippen LogP contribution in [0.5, 0.6) is 0 Å². The van der Waals surface area contributed by atoms with Crippen molar-refractivity contribution in [2.24, 2.45) is 0 Å².